The molecule has 2 aromatic heterocycles. The monoisotopic (exact) mass is 530 g/mol. The highest BCUT2D eigenvalue weighted by atomic mass is 32.1. The van der Waals surface area contributed by atoms with Crippen LogP contribution in [0, 0.1) is 0 Å². The maximum Gasteiger partial charge on any atom is 0.306 e. The van der Waals surface area contributed by atoms with Crippen LogP contribution in [0.1, 0.15) is 66.6 Å². The van der Waals surface area contributed by atoms with Crippen molar-refractivity contribution in [3.05, 3.63) is 82.1 Å². The van der Waals surface area contributed by atoms with Crippen LogP contribution in [0.3, 0.4) is 0 Å². The highest BCUT2D eigenvalue weighted by Gasteiger charge is 2.20. The Bertz CT molecular complexity index is 1370. The molecule has 0 aliphatic heterocycles. The molecule has 8 heteroatoms. The number of thiazole rings is 1. The number of aliphatic hydroxyl groups is 1. The molecule has 38 heavy (non-hydrogen) atoms. The fourth-order valence-electron chi connectivity index (χ4n) is 4.89. The summed E-state index contributed by atoms with van der Waals surface area (Å²) in [5, 5.41) is 14.4. The van der Waals surface area contributed by atoms with E-state index in [1.165, 1.54) is 5.56 Å². The van der Waals surface area contributed by atoms with E-state index in [2.05, 4.69) is 29.6 Å². The first kappa shape index (κ1) is 26.3. The van der Waals surface area contributed by atoms with Crippen molar-refractivity contribution in [3.8, 4) is 0 Å². The van der Waals surface area contributed by atoms with E-state index in [0.29, 0.717) is 31.8 Å². The smallest absolute Gasteiger partial charge is 0.306 e. The summed E-state index contributed by atoms with van der Waals surface area (Å²) >= 11 is 1.67. The Morgan fingerprint density at radius 1 is 0.974 bits per heavy atom. The first-order chi connectivity index (χ1) is 18.5. The van der Waals surface area contributed by atoms with Gasteiger partial charge in [-0.2, -0.15) is 0 Å². The Morgan fingerprint density at radius 3 is 2.50 bits per heavy atom. The fourth-order valence-corrected chi connectivity index (χ4v) is 5.94. The summed E-state index contributed by atoms with van der Waals surface area (Å²) < 4.78 is 6.16. The van der Waals surface area contributed by atoms with Crippen LogP contribution in [0.15, 0.2) is 54.6 Å². The van der Waals surface area contributed by atoms with E-state index in [0.717, 1.165) is 64.3 Å². The van der Waals surface area contributed by atoms with E-state index < -0.39 is 0 Å². The van der Waals surface area contributed by atoms with Gasteiger partial charge in [0, 0.05) is 25.3 Å². The molecule has 198 valence electrons. The Morgan fingerprint density at radius 2 is 1.74 bits per heavy atom. The standard InChI is InChI=1S/C30H34N4O3S/c1-2-37-29(36)15-9-21-8-14-26-27(17-21)38-28(34-26)19-24-18-23(16-20-6-4-3-5-7-20)32-30(33-24)31-22-10-12-25(35)13-11-22/h3-8,14,17-18,22,25,35H,2,9-13,15-16,19H2,1H3,(H,31,32,33). The zero-order valence-corrected chi connectivity index (χ0v) is 22.5. The number of carbonyl (C=O) groups excluding carboxylic acids is 1. The number of hydrogen-bond acceptors (Lipinski definition) is 8. The molecule has 1 aliphatic carbocycles. The normalized spacial score (nSPS) is 17.4. The Labute approximate surface area is 227 Å². The predicted molar refractivity (Wildman–Crippen MR) is 151 cm³/mol. The molecular weight excluding hydrogens is 496 g/mol. The number of rotatable bonds is 10. The van der Waals surface area contributed by atoms with Crippen LogP contribution in [0.25, 0.3) is 10.2 Å². The number of aryl methyl sites for hydroxylation is 1. The molecule has 0 radical (unpaired) electrons. The van der Waals surface area contributed by atoms with Gasteiger partial charge < -0.3 is 15.2 Å². The lowest BCUT2D eigenvalue weighted by molar-refractivity contribution is -0.143. The molecule has 0 unspecified atom stereocenters. The van der Waals surface area contributed by atoms with Crippen molar-refractivity contribution in [1.29, 1.82) is 0 Å². The van der Waals surface area contributed by atoms with E-state index in [4.69, 9.17) is 19.7 Å². The van der Waals surface area contributed by atoms with Gasteiger partial charge in [0.05, 0.1) is 39.3 Å². The summed E-state index contributed by atoms with van der Waals surface area (Å²) in [6, 6.07) is 18.9. The number of esters is 1. The van der Waals surface area contributed by atoms with Crippen molar-refractivity contribution < 1.29 is 14.6 Å². The minimum absolute atomic E-state index is 0.165. The van der Waals surface area contributed by atoms with Gasteiger partial charge >= 0.3 is 5.97 Å². The molecule has 0 saturated heterocycles. The van der Waals surface area contributed by atoms with Crippen LogP contribution in [-0.4, -0.2) is 44.8 Å². The fraction of sp³-hybridized carbons (Fsp3) is 0.400. The maximum atomic E-state index is 11.7. The average molecular weight is 531 g/mol. The molecule has 2 heterocycles. The number of aliphatic hydroxyl groups excluding tert-OH is 1. The molecule has 0 spiro atoms. The second kappa shape index (κ2) is 12.5. The Kier molecular flexibility index (Phi) is 8.61. The molecule has 1 saturated carbocycles. The Hall–Kier alpha value is -3.36. The third-order valence-electron chi connectivity index (χ3n) is 6.84. The highest BCUT2D eigenvalue weighted by Crippen LogP contribution is 2.27. The first-order valence-electron chi connectivity index (χ1n) is 13.4. The minimum Gasteiger partial charge on any atom is -0.466 e. The third-order valence-corrected chi connectivity index (χ3v) is 7.86. The third kappa shape index (κ3) is 7.14. The zero-order valence-electron chi connectivity index (χ0n) is 21.7. The summed E-state index contributed by atoms with van der Waals surface area (Å²) in [6.07, 6.45) is 5.65. The molecule has 4 aromatic rings. The van der Waals surface area contributed by atoms with Crippen molar-refractivity contribution in [2.75, 3.05) is 11.9 Å². The summed E-state index contributed by atoms with van der Waals surface area (Å²) in [4.78, 5) is 26.3. The van der Waals surface area contributed by atoms with E-state index in [-0.39, 0.29) is 18.1 Å². The summed E-state index contributed by atoms with van der Waals surface area (Å²) in [5.41, 5.74) is 5.19. The molecule has 0 amide bonds. The van der Waals surface area contributed by atoms with Gasteiger partial charge in [-0.15, -0.1) is 11.3 Å². The van der Waals surface area contributed by atoms with E-state index in [9.17, 15) is 9.90 Å². The SMILES string of the molecule is CCOC(=O)CCc1ccc2nc(Cc3cc(Cc4ccccc4)nc(NC4CCC(O)CC4)n3)sc2c1. The molecule has 0 bridgehead atoms. The largest absolute Gasteiger partial charge is 0.466 e. The van der Waals surface area contributed by atoms with E-state index >= 15 is 0 Å². The van der Waals surface area contributed by atoms with Gasteiger partial charge in [0.15, 0.2) is 0 Å². The highest BCUT2D eigenvalue weighted by molar-refractivity contribution is 7.18. The molecule has 0 atom stereocenters. The number of benzene rings is 2. The van der Waals surface area contributed by atoms with Crippen LogP contribution in [0.4, 0.5) is 5.95 Å². The van der Waals surface area contributed by atoms with Gasteiger partial charge in [-0.25, -0.2) is 15.0 Å². The quantitative estimate of drug-likeness (QED) is 0.262. The predicted octanol–water partition coefficient (Wildman–Crippen LogP) is 5.48. The number of aromatic nitrogens is 3. The van der Waals surface area contributed by atoms with Crippen LogP contribution in [0.2, 0.25) is 0 Å². The number of nitrogens with one attached hydrogen (secondary N) is 1. The zero-order chi connectivity index (χ0) is 26.3. The number of anilines is 1. The van der Waals surface area contributed by atoms with Crippen molar-refractivity contribution in [2.45, 2.75) is 70.4 Å². The van der Waals surface area contributed by atoms with Gasteiger partial charge in [-0.1, -0.05) is 36.4 Å². The van der Waals surface area contributed by atoms with Crippen LogP contribution >= 0.6 is 11.3 Å². The second-order valence-corrected chi connectivity index (χ2v) is 11.0. The van der Waals surface area contributed by atoms with Crippen LogP contribution < -0.4 is 5.32 Å². The van der Waals surface area contributed by atoms with E-state index in [1.54, 1.807) is 11.3 Å². The lowest BCUT2D eigenvalue weighted by atomic mass is 9.93. The van der Waals surface area contributed by atoms with Crippen molar-refractivity contribution in [1.82, 2.24) is 15.0 Å². The number of hydrogen-bond donors (Lipinski definition) is 2. The van der Waals surface area contributed by atoms with Gasteiger partial charge in [-0.3, -0.25) is 4.79 Å². The molecule has 7 nitrogen and oxygen atoms in total. The lowest BCUT2D eigenvalue weighted by Gasteiger charge is -2.26. The second-order valence-electron chi connectivity index (χ2n) is 9.88. The summed E-state index contributed by atoms with van der Waals surface area (Å²) in [5.74, 6) is 0.485. The van der Waals surface area contributed by atoms with Gasteiger partial charge in [0.25, 0.3) is 0 Å². The molecule has 1 fully saturated rings. The summed E-state index contributed by atoms with van der Waals surface area (Å²) in [7, 11) is 0. The van der Waals surface area contributed by atoms with Crippen molar-refractivity contribution >= 4 is 33.5 Å². The Balaban J connectivity index is 1.34. The molecule has 1 aliphatic rings. The number of fused-ring (bicyclic) bond motifs is 1. The van der Waals surface area contributed by atoms with Gasteiger partial charge in [-0.05, 0) is 68.4 Å². The molecular formula is C30H34N4O3S. The number of nitrogens with zero attached hydrogens (tertiary/aromatic N) is 3. The topological polar surface area (TPSA) is 97.2 Å². The van der Waals surface area contributed by atoms with Crippen LogP contribution in [-0.2, 0) is 28.8 Å². The maximum absolute atomic E-state index is 11.7. The van der Waals surface area contributed by atoms with Gasteiger partial charge in [0.1, 0.15) is 0 Å². The summed E-state index contributed by atoms with van der Waals surface area (Å²) in [6.45, 7) is 2.23. The molecule has 2 N–H and O–H groups in total. The molecule has 2 aromatic carbocycles. The first-order valence-corrected chi connectivity index (χ1v) is 14.2. The average Bonchev–Trinajstić information content (AvgIpc) is 3.31. The minimum atomic E-state index is -0.196. The van der Waals surface area contributed by atoms with E-state index in [1.807, 2.05) is 37.3 Å². The van der Waals surface area contributed by atoms with Gasteiger partial charge in [0.2, 0.25) is 5.95 Å². The number of carbonyl (C=O) groups is 1. The van der Waals surface area contributed by atoms with Crippen LogP contribution in [0.5, 0.6) is 0 Å². The number of ether oxygens (including phenoxy) is 1. The molecule has 5 rings (SSSR count). The lowest BCUT2D eigenvalue weighted by Crippen LogP contribution is -2.29. The van der Waals surface area contributed by atoms with Crippen molar-refractivity contribution in [3.63, 3.8) is 0 Å². The van der Waals surface area contributed by atoms with Crippen molar-refractivity contribution in [2.24, 2.45) is 0 Å².